The van der Waals surface area contributed by atoms with Gasteiger partial charge in [0.15, 0.2) is 6.10 Å². The average Bonchev–Trinajstić information content (AvgIpc) is 3.49. The molecule has 2 atom stereocenters. The Labute approximate surface area is 510 Å². The van der Waals surface area contributed by atoms with E-state index in [1.165, 1.54) is 141 Å². The fourth-order valence-corrected chi connectivity index (χ4v) is 9.88. The Balaban J connectivity index is 4.03. The van der Waals surface area contributed by atoms with Crippen molar-refractivity contribution in [3.63, 3.8) is 0 Å². The number of phosphoric acid groups is 1. The molecular formula is C73H124NO8P. The van der Waals surface area contributed by atoms with Gasteiger partial charge < -0.3 is 20.1 Å². The molecule has 0 aliphatic rings. The van der Waals surface area contributed by atoms with Gasteiger partial charge in [-0.2, -0.15) is 0 Å². The van der Waals surface area contributed by atoms with E-state index in [2.05, 4.69) is 148 Å². The van der Waals surface area contributed by atoms with Crippen LogP contribution in [0.2, 0.25) is 0 Å². The van der Waals surface area contributed by atoms with Gasteiger partial charge in [0.2, 0.25) is 0 Å². The normalized spacial score (nSPS) is 13.8. The van der Waals surface area contributed by atoms with Gasteiger partial charge in [-0.05, 0) is 96.3 Å². The monoisotopic (exact) mass is 1170 g/mol. The van der Waals surface area contributed by atoms with Gasteiger partial charge >= 0.3 is 19.8 Å². The molecule has 83 heavy (non-hydrogen) atoms. The van der Waals surface area contributed by atoms with Crippen LogP contribution in [0.4, 0.5) is 0 Å². The van der Waals surface area contributed by atoms with Crippen molar-refractivity contribution in [1.29, 1.82) is 0 Å². The predicted molar refractivity (Wildman–Crippen MR) is 357 cm³/mol. The number of carbonyl (C=O) groups excluding carboxylic acids is 2. The molecule has 0 aromatic rings. The Kier molecular flexibility index (Phi) is 64.2. The standard InChI is InChI=1S/C73H124NO8P/c1-3-5-7-9-11-13-15-17-19-21-23-25-27-29-30-31-32-33-34-35-36-37-38-39-40-42-44-46-48-50-52-54-56-58-60-62-64-66-73(76)82-71(70-81-83(77,78)80-68-67-74)69-79-72(75)65-63-61-59-57-55-53-51-49-47-45-43-41-28-26-24-22-20-18-16-14-12-10-8-6-4-2/h5,7,11,13,17,19,23,25,29-30,32-33,35-36,38-39,42,44,48,50,54,56,71H,3-4,6,8-10,12,14-16,18,20-22,24,26-28,31,34,37,40-41,43,45-47,49,51-53,55,57-70,74H2,1-2H3,(H,77,78)/b7-5-,13-11-,19-17-,25-23-,30-29-,33-32-,36-35-,39-38-,44-42-,50-48-,56-54-. The number of unbranched alkanes of at least 4 members (excludes halogenated alkanes) is 27. The molecule has 3 N–H and O–H groups in total. The maximum Gasteiger partial charge on any atom is 0.472 e. The van der Waals surface area contributed by atoms with Crippen LogP contribution in [0.25, 0.3) is 0 Å². The zero-order chi connectivity index (χ0) is 60.1. The van der Waals surface area contributed by atoms with Gasteiger partial charge in [0.05, 0.1) is 13.2 Å². The summed E-state index contributed by atoms with van der Waals surface area (Å²) in [7, 11) is -4.41. The van der Waals surface area contributed by atoms with E-state index in [-0.39, 0.29) is 38.6 Å². The minimum atomic E-state index is -4.41. The molecule has 2 unspecified atom stereocenters. The summed E-state index contributed by atoms with van der Waals surface area (Å²) in [5.41, 5.74) is 5.39. The highest BCUT2D eigenvalue weighted by molar-refractivity contribution is 7.47. The topological polar surface area (TPSA) is 134 Å². The molecule has 0 fully saturated rings. The Morgan fingerprint density at radius 3 is 0.988 bits per heavy atom. The fraction of sp³-hybridized carbons (Fsp3) is 0.671. The number of rotatable bonds is 62. The second kappa shape index (κ2) is 67.3. The third-order valence-electron chi connectivity index (χ3n) is 14.1. The van der Waals surface area contributed by atoms with E-state index in [0.717, 1.165) is 109 Å². The second-order valence-electron chi connectivity index (χ2n) is 22.0. The summed E-state index contributed by atoms with van der Waals surface area (Å²) in [6, 6.07) is 0. The van der Waals surface area contributed by atoms with E-state index in [4.69, 9.17) is 24.3 Å². The predicted octanol–water partition coefficient (Wildman–Crippen LogP) is 22.1. The molecule has 0 aromatic heterocycles. The van der Waals surface area contributed by atoms with Crippen LogP contribution in [0.5, 0.6) is 0 Å². The van der Waals surface area contributed by atoms with Crippen molar-refractivity contribution in [2.45, 2.75) is 290 Å². The van der Waals surface area contributed by atoms with Crippen molar-refractivity contribution in [3.05, 3.63) is 134 Å². The molecule has 0 radical (unpaired) electrons. The van der Waals surface area contributed by atoms with Crippen LogP contribution in [-0.2, 0) is 32.7 Å². The van der Waals surface area contributed by atoms with Crippen molar-refractivity contribution < 1.29 is 37.6 Å². The molecule has 0 aromatic carbocycles. The van der Waals surface area contributed by atoms with Crippen LogP contribution in [0, 0.1) is 0 Å². The fourth-order valence-electron chi connectivity index (χ4n) is 9.11. The highest BCUT2D eigenvalue weighted by Crippen LogP contribution is 2.43. The summed E-state index contributed by atoms with van der Waals surface area (Å²) in [6.45, 7) is 3.61. The van der Waals surface area contributed by atoms with E-state index in [0.29, 0.717) is 6.42 Å². The number of allylic oxidation sites excluding steroid dienone is 22. The first-order valence-corrected chi connectivity index (χ1v) is 35.2. The number of phosphoric ester groups is 1. The van der Waals surface area contributed by atoms with E-state index < -0.39 is 26.5 Å². The van der Waals surface area contributed by atoms with Gasteiger partial charge in [-0.3, -0.25) is 18.6 Å². The number of nitrogens with two attached hydrogens (primary N) is 1. The Morgan fingerprint density at radius 1 is 0.373 bits per heavy atom. The Morgan fingerprint density at radius 2 is 0.663 bits per heavy atom. The first kappa shape index (κ1) is 79.2. The van der Waals surface area contributed by atoms with Crippen molar-refractivity contribution in [3.8, 4) is 0 Å². The van der Waals surface area contributed by atoms with Gasteiger partial charge in [0.25, 0.3) is 0 Å². The summed E-state index contributed by atoms with van der Waals surface area (Å²) in [5.74, 6) is -0.865. The Hall–Kier alpha value is -3.85. The molecule has 0 amide bonds. The van der Waals surface area contributed by atoms with E-state index in [1.54, 1.807) is 0 Å². The zero-order valence-corrected chi connectivity index (χ0v) is 54.0. The quantitative estimate of drug-likeness (QED) is 0.0264. The van der Waals surface area contributed by atoms with Crippen molar-refractivity contribution in [2.24, 2.45) is 5.73 Å². The van der Waals surface area contributed by atoms with E-state index >= 15 is 0 Å². The lowest BCUT2D eigenvalue weighted by molar-refractivity contribution is -0.161. The summed E-state index contributed by atoms with van der Waals surface area (Å²) < 4.78 is 33.1. The first-order valence-electron chi connectivity index (χ1n) is 33.7. The van der Waals surface area contributed by atoms with Gasteiger partial charge in [0, 0.05) is 19.4 Å². The maximum absolute atomic E-state index is 12.7. The highest BCUT2D eigenvalue weighted by Gasteiger charge is 2.26. The lowest BCUT2D eigenvalue weighted by Crippen LogP contribution is -2.29. The minimum absolute atomic E-state index is 0.0422. The van der Waals surface area contributed by atoms with Crippen LogP contribution >= 0.6 is 7.82 Å². The lowest BCUT2D eigenvalue weighted by Gasteiger charge is -2.19. The molecule has 0 saturated heterocycles. The van der Waals surface area contributed by atoms with Crippen LogP contribution < -0.4 is 5.73 Å². The molecular weight excluding hydrogens is 1050 g/mol. The Bertz CT molecular complexity index is 1820. The van der Waals surface area contributed by atoms with Crippen LogP contribution in [0.3, 0.4) is 0 Å². The molecule has 0 saturated carbocycles. The van der Waals surface area contributed by atoms with E-state index in [1.807, 2.05) is 0 Å². The van der Waals surface area contributed by atoms with Crippen LogP contribution in [-0.4, -0.2) is 49.3 Å². The number of ether oxygens (including phenoxy) is 2. The van der Waals surface area contributed by atoms with Crippen LogP contribution in [0.15, 0.2) is 134 Å². The second-order valence-corrected chi connectivity index (χ2v) is 23.4. The molecule has 0 aliphatic heterocycles. The van der Waals surface area contributed by atoms with E-state index in [9.17, 15) is 19.0 Å². The highest BCUT2D eigenvalue weighted by atomic mass is 31.2. The largest absolute Gasteiger partial charge is 0.472 e. The minimum Gasteiger partial charge on any atom is -0.462 e. The average molecular weight is 1170 g/mol. The first-order chi connectivity index (χ1) is 40.8. The zero-order valence-electron chi connectivity index (χ0n) is 53.1. The van der Waals surface area contributed by atoms with Gasteiger partial charge in [-0.15, -0.1) is 0 Å². The summed E-state index contributed by atoms with van der Waals surface area (Å²) in [6.07, 6.45) is 95.3. The molecule has 474 valence electrons. The SMILES string of the molecule is CC/C=C\C/C=C\C/C=C\C/C=C\C/C=C\C/C=C\C/C=C\C/C=C\C/C=C\C/C=C\C/C=C\CCCCCC(=O)OC(COC(=O)CCCCCCCCCCCCCCCCCCCCCCCCCCC)COP(=O)(O)OCCN. The maximum atomic E-state index is 12.7. The molecule has 0 bridgehead atoms. The van der Waals surface area contributed by atoms with Crippen molar-refractivity contribution in [2.75, 3.05) is 26.4 Å². The van der Waals surface area contributed by atoms with Crippen molar-refractivity contribution >= 4 is 19.8 Å². The lowest BCUT2D eigenvalue weighted by atomic mass is 10.0. The summed E-state index contributed by atoms with van der Waals surface area (Å²) in [5, 5.41) is 0. The molecule has 9 nitrogen and oxygen atoms in total. The molecule has 0 spiro atoms. The number of hydrogen-bond donors (Lipinski definition) is 2. The molecule has 0 aliphatic carbocycles. The van der Waals surface area contributed by atoms with Crippen molar-refractivity contribution in [1.82, 2.24) is 0 Å². The van der Waals surface area contributed by atoms with Gasteiger partial charge in [-0.1, -0.05) is 308 Å². The van der Waals surface area contributed by atoms with Gasteiger partial charge in [0.1, 0.15) is 6.61 Å². The molecule has 10 heteroatoms. The van der Waals surface area contributed by atoms with Crippen LogP contribution in [0.1, 0.15) is 284 Å². The number of esters is 2. The molecule has 0 rings (SSSR count). The third-order valence-corrected chi connectivity index (χ3v) is 15.0. The van der Waals surface area contributed by atoms with Gasteiger partial charge in [-0.25, -0.2) is 4.57 Å². The third kappa shape index (κ3) is 67.2. The molecule has 0 heterocycles. The number of hydrogen-bond acceptors (Lipinski definition) is 8. The summed E-state index contributed by atoms with van der Waals surface area (Å²) >= 11 is 0. The summed E-state index contributed by atoms with van der Waals surface area (Å²) in [4.78, 5) is 35.3. The number of carbonyl (C=O) groups is 2. The smallest absolute Gasteiger partial charge is 0.462 e.